The molecule has 1 heterocycles. The molecule has 1 aromatic carbocycles. The molecule has 0 saturated carbocycles. The molecule has 2 aromatic rings. The fraction of sp³-hybridized carbons (Fsp3) is 0.412. The summed E-state index contributed by atoms with van der Waals surface area (Å²) in [4.78, 5) is 9.29. The minimum absolute atomic E-state index is 0.449. The van der Waals surface area contributed by atoms with Crippen molar-refractivity contribution in [2.45, 2.75) is 40.3 Å². The summed E-state index contributed by atoms with van der Waals surface area (Å²) in [7, 11) is 1.66. The molecule has 112 valence electrons. The number of benzene rings is 1. The number of aromatic nitrogens is 2. The molecule has 0 atom stereocenters. The molecule has 0 aliphatic heterocycles. The highest BCUT2D eigenvalue weighted by Crippen LogP contribution is 2.21. The van der Waals surface area contributed by atoms with Crippen molar-refractivity contribution < 1.29 is 4.74 Å². The van der Waals surface area contributed by atoms with E-state index in [4.69, 9.17) is 4.74 Å². The number of methoxy groups -OCH3 is 1. The van der Waals surface area contributed by atoms with E-state index < -0.39 is 0 Å². The number of rotatable bonds is 5. The zero-order valence-electron chi connectivity index (χ0n) is 13.4. The summed E-state index contributed by atoms with van der Waals surface area (Å²) < 4.78 is 5.18. The average Bonchev–Trinajstić information content (AvgIpc) is 2.46. The monoisotopic (exact) mass is 285 g/mol. The second kappa shape index (κ2) is 6.68. The number of nitrogens with zero attached hydrogens (tertiary/aromatic N) is 2. The molecule has 4 nitrogen and oxygen atoms in total. The van der Waals surface area contributed by atoms with Crippen molar-refractivity contribution in [3.63, 3.8) is 0 Å². The van der Waals surface area contributed by atoms with Gasteiger partial charge in [0.05, 0.1) is 7.11 Å². The Bertz CT molecular complexity index is 583. The molecule has 0 unspecified atom stereocenters. The highest BCUT2D eigenvalue weighted by atomic mass is 16.5. The van der Waals surface area contributed by atoms with Gasteiger partial charge in [0, 0.05) is 35.1 Å². The minimum atomic E-state index is 0.449. The number of nitrogens with one attached hydrogen (secondary N) is 1. The van der Waals surface area contributed by atoms with E-state index in [1.807, 2.05) is 38.1 Å². The molecular formula is C17H23N3O. The third-order valence-corrected chi connectivity index (χ3v) is 3.46. The van der Waals surface area contributed by atoms with Crippen molar-refractivity contribution in [1.29, 1.82) is 0 Å². The number of aryl methyl sites for hydroxylation is 2. The van der Waals surface area contributed by atoms with Crippen molar-refractivity contribution in [2.75, 3.05) is 7.11 Å². The lowest BCUT2D eigenvalue weighted by atomic mass is 10.1. The van der Waals surface area contributed by atoms with Gasteiger partial charge in [0.1, 0.15) is 5.75 Å². The van der Waals surface area contributed by atoms with Gasteiger partial charge in [-0.1, -0.05) is 13.8 Å². The Morgan fingerprint density at radius 1 is 1.05 bits per heavy atom. The van der Waals surface area contributed by atoms with Gasteiger partial charge in [-0.25, -0.2) is 9.97 Å². The zero-order valence-corrected chi connectivity index (χ0v) is 13.4. The Morgan fingerprint density at radius 2 is 1.62 bits per heavy atom. The molecule has 1 N–H and O–H groups in total. The summed E-state index contributed by atoms with van der Waals surface area (Å²) in [5.74, 6) is 1.60. The average molecular weight is 285 g/mol. The molecule has 0 aliphatic rings. The maximum absolute atomic E-state index is 5.18. The van der Waals surface area contributed by atoms with Crippen LogP contribution in [0.25, 0.3) is 11.4 Å². The molecule has 2 rings (SSSR count). The van der Waals surface area contributed by atoms with Crippen molar-refractivity contribution in [2.24, 2.45) is 0 Å². The highest BCUT2D eigenvalue weighted by Gasteiger charge is 2.10. The zero-order chi connectivity index (χ0) is 15.4. The lowest BCUT2D eigenvalue weighted by Crippen LogP contribution is -2.23. The summed E-state index contributed by atoms with van der Waals surface area (Å²) >= 11 is 0. The maximum Gasteiger partial charge on any atom is 0.159 e. The molecular weight excluding hydrogens is 262 g/mol. The van der Waals surface area contributed by atoms with Crippen LogP contribution in [0.4, 0.5) is 0 Å². The summed E-state index contributed by atoms with van der Waals surface area (Å²) in [6, 6.07) is 8.28. The first kappa shape index (κ1) is 15.4. The Morgan fingerprint density at radius 3 is 2.10 bits per heavy atom. The van der Waals surface area contributed by atoms with Crippen LogP contribution in [0.2, 0.25) is 0 Å². The van der Waals surface area contributed by atoms with E-state index in [1.54, 1.807) is 7.11 Å². The molecule has 1 aromatic heterocycles. The standard InChI is InChI=1S/C17H23N3O/c1-11(2)18-10-16-12(3)19-17(20-13(16)4)14-6-8-15(21-5)9-7-14/h6-9,11,18H,10H2,1-5H3. The van der Waals surface area contributed by atoms with Gasteiger partial charge in [-0.15, -0.1) is 0 Å². The van der Waals surface area contributed by atoms with Gasteiger partial charge in [0.25, 0.3) is 0 Å². The predicted molar refractivity (Wildman–Crippen MR) is 85.5 cm³/mol. The third-order valence-electron chi connectivity index (χ3n) is 3.46. The molecule has 0 spiro atoms. The second-order valence-corrected chi connectivity index (χ2v) is 5.46. The summed E-state index contributed by atoms with van der Waals surface area (Å²) in [6.45, 7) is 9.16. The van der Waals surface area contributed by atoms with Gasteiger partial charge >= 0.3 is 0 Å². The van der Waals surface area contributed by atoms with Crippen LogP contribution in [-0.2, 0) is 6.54 Å². The normalized spacial score (nSPS) is 11.0. The van der Waals surface area contributed by atoms with E-state index in [1.165, 1.54) is 5.56 Å². The molecule has 0 saturated heterocycles. The Hall–Kier alpha value is -1.94. The lowest BCUT2D eigenvalue weighted by Gasteiger charge is -2.13. The molecule has 0 amide bonds. The first-order valence-corrected chi connectivity index (χ1v) is 7.23. The summed E-state index contributed by atoms with van der Waals surface area (Å²) in [5.41, 5.74) is 4.24. The first-order chi connectivity index (χ1) is 10.0. The molecule has 21 heavy (non-hydrogen) atoms. The predicted octanol–water partition coefficient (Wildman–Crippen LogP) is 3.27. The Kier molecular flexibility index (Phi) is 4.91. The summed E-state index contributed by atoms with van der Waals surface area (Å²) in [5, 5.41) is 3.42. The van der Waals surface area contributed by atoms with Crippen molar-refractivity contribution in [1.82, 2.24) is 15.3 Å². The van der Waals surface area contributed by atoms with E-state index in [0.717, 1.165) is 35.1 Å². The number of hydrogen-bond acceptors (Lipinski definition) is 4. The van der Waals surface area contributed by atoms with Crippen LogP contribution in [-0.4, -0.2) is 23.1 Å². The highest BCUT2D eigenvalue weighted by molar-refractivity contribution is 5.57. The van der Waals surface area contributed by atoms with Gasteiger partial charge < -0.3 is 10.1 Å². The molecule has 0 bridgehead atoms. The van der Waals surface area contributed by atoms with Crippen LogP contribution in [0.5, 0.6) is 5.75 Å². The second-order valence-electron chi connectivity index (χ2n) is 5.46. The smallest absolute Gasteiger partial charge is 0.159 e. The molecule has 0 aliphatic carbocycles. The maximum atomic E-state index is 5.18. The topological polar surface area (TPSA) is 47.0 Å². The van der Waals surface area contributed by atoms with Crippen LogP contribution >= 0.6 is 0 Å². The van der Waals surface area contributed by atoms with Crippen LogP contribution in [0, 0.1) is 13.8 Å². The van der Waals surface area contributed by atoms with Gasteiger partial charge in [0.2, 0.25) is 0 Å². The van der Waals surface area contributed by atoms with Crippen LogP contribution in [0.3, 0.4) is 0 Å². The van der Waals surface area contributed by atoms with E-state index in [2.05, 4.69) is 29.1 Å². The number of hydrogen-bond donors (Lipinski definition) is 1. The van der Waals surface area contributed by atoms with Crippen molar-refractivity contribution >= 4 is 0 Å². The molecule has 0 fully saturated rings. The van der Waals surface area contributed by atoms with Crippen LogP contribution in [0.1, 0.15) is 30.8 Å². The number of ether oxygens (including phenoxy) is 1. The van der Waals surface area contributed by atoms with Crippen LogP contribution < -0.4 is 10.1 Å². The van der Waals surface area contributed by atoms with E-state index in [-0.39, 0.29) is 0 Å². The third kappa shape index (κ3) is 3.79. The Balaban J connectivity index is 2.29. The first-order valence-electron chi connectivity index (χ1n) is 7.23. The van der Waals surface area contributed by atoms with Crippen LogP contribution in [0.15, 0.2) is 24.3 Å². The minimum Gasteiger partial charge on any atom is -0.497 e. The van der Waals surface area contributed by atoms with Gasteiger partial charge in [-0.2, -0.15) is 0 Å². The fourth-order valence-electron chi connectivity index (χ4n) is 2.17. The van der Waals surface area contributed by atoms with E-state index >= 15 is 0 Å². The van der Waals surface area contributed by atoms with Gasteiger partial charge in [0.15, 0.2) is 5.82 Å². The van der Waals surface area contributed by atoms with Gasteiger partial charge in [-0.05, 0) is 38.1 Å². The molecule has 0 radical (unpaired) electrons. The fourth-order valence-corrected chi connectivity index (χ4v) is 2.17. The lowest BCUT2D eigenvalue weighted by molar-refractivity contribution is 0.415. The van der Waals surface area contributed by atoms with E-state index in [0.29, 0.717) is 6.04 Å². The van der Waals surface area contributed by atoms with E-state index in [9.17, 15) is 0 Å². The Labute approximate surface area is 126 Å². The van der Waals surface area contributed by atoms with Gasteiger partial charge in [-0.3, -0.25) is 0 Å². The van der Waals surface area contributed by atoms with Crippen molar-refractivity contribution in [3.05, 3.63) is 41.2 Å². The SMILES string of the molecule is COc1ccc(-c2nc(C)c(CNC(C)C)c(C)n2)cc1. The largest absolute Gasteiger partial charge is 0.497 e. The molecule has 4 heteroatoms. The summed E-state index contributed by atoms with van der Waals surface area (Å²) in [6.07, 6.45) is 0. The van der Waals surface area contributed by atoms with Crippen molar-refractivity contribution in [3.8, 4) is 17.1 Å². The quantitative estimate of drug-likeness (QED) is 0.916.